The zero-order valence-corrected chi connectivity index (χ0v) is 15.2. The fraction of sp³-hybridized carbons (Fsp3) is 0.471. The minimum atomic E-state index is -0.0731. The zero-order valence-electron chi connectivity index (χ0n) is 14.4. The number of carbonyl (C=O) groups excluding carboxylic acids is 1. The first-order chi connectivity index (χ1) is 10.9. The maximum Gasteiger partial charge on any atom is 0.239 e. The Morgan fingerprint density at radius 2 is 2.13 bits per heavy atom. The molecule has 2 aromatic heterocycles. The van der Waals surface area contributed by atoms with Gasteiger partial charge < -0.3 is 4.90 Å². The van der Waals surface area contributed by atoms with Gasteiger partial charge in [0.2, 0.25) is 5.91 Å². The molecule has 0 bridgehead atoms. The average Bonchev–Trinajstić information content (AvgIpc) is 2.90. The third-order valence-corrected chi connectivity index (χ3v) is 4.63. The van der Waals surface area contributed by atoms with Crippen molar-refractivity contribution in [2.75, 3.05) is 11.4 Å². The van der Waals surface area contributed by atoms with E-state index in [9.17, 15) is 4.79 Å². The van der Waals surface area contributed by atoms with Crippen LogP contribution in [0.2, 0.25) is 0 Å². The van der Waals surface area contributed by atoms with Crippen LogP contribution in [-0.4, -0.2) is 37.7 Å². The smallest absolute Gasteiger partial charge is 0.239 e. The molecule has 0 fully saturated rings. The summed E-state index contributed by atoms with van der Waals surface area (Å²) in [6.07, 6.45) is 5.39. The maximum atomic E-state index is 12.8. The summed E-state index contributed by atoms with van der Waals surface area (Å²) in [5.41, 5.74) is 2.58. The molecule has 1 unspecified atom stereocenters. The first-order valence-corrected chi connectivity index (χ1v) is 8.81. The van der Waals surface area contributed by atoms with Crippen molar-refractivity contribution < 1.29 is 4.79 Å². The average molecular weight is 332 g/mol. The van der Waals surface area contributed by atoms with Gasteiger partial charge in [-0.15, -0.1) is 11.8 Å². The molecule has 0 aromatic carbocycles. The second-order valence-corrected chi connectivity index (χ2v) is 7.59. The first-order valence-electron chi connectivity index (χ1n) is 7.87. The molecule has 0 N–H and O–H groups in total. The van der Waals surface area contributed by atoms with Gasteiger partial charge >= 0.3 is 0 Å². The number of aromatic nitrogens is 3. The van der Waals surface area contributed by atoms with E-state index in [1.165, 1.54) is 0 Å². The monoisotopic (exact) mass is 332 g/mol. The summed E-state index contributed by atoms with van der Waals surface area (Å²) in [5, 5.41) is 4.88. The predicted octanol–water partition coefficient (Wildman–Crippen LogP) is 3.46. The highest BCUT2D eigenvalue weighted by Crippen LogP contribution is 2.25. The van der Waals surface area contributed by atoms with Crippen molar-refractivity contribution in [3.8, 4) is 5.69 Å². The van der Waals surface area contributed by atoms with Crippen molar-refractivity contribution in [2.24, 2.45) is 0 Å². The van der Waals surface area contributed by atoms with Crippen molar-refractivity contribution in [3.63, 3.8) is 0 Å². The van der Waals surface area contributed by atoms with E-state index in [2.05, 4.69) is 23.9 Å². The Morgan fingerprint density at radius 1 is 1.39 bits per heavy atom. The van der Waals surface area contributed by atoms with Crippen LogP contribution in [0, 0.1) is 6.92 Å². The molecule has 0 saturated heterocycles. The van der Waals surface area contributed by atoms with Gasteiger partial charge in [0.05, 0.1) is 34.7 Å². The third kappa shape index (κ3) is 4.13. The van der Waals surface area contributed by atoms with Crippen LogP contribution in [0.25, 0.3) is 5.69 Å². The number of rotatable bonds is 6. The van der Waals surface area contributed by atoms with Crippen LogP contribution in [0.1, 0.15) is 33.4 Å². The highest BCUT2D eigenvalue weighted by Gasteiger charge is 2.24. The van der Waals surface area contributed by atoms with Crippen LogP contribution in [0.15, 0.2) is 30.7 Å². The number of carbonyl (C=O) groups is 1. The van der Waals surface area contributed by atoms with Crippen LogP contribution in [-0.2, 0) is 4.79 Å². The summed E-state index contributed by atoms with van der Waals surface area (Å²) in [6, 6.07) is 3.81. The molecule has 0 aliphatic rings. The molecule has 124 valence electrons. The van der Waals surface area contributed by atoms with E-state index in [4.69, 9.17) is 0 Å². The summed E-state index contributed by atoms with van der Waals surface area (Å²) >= 11 is 1.68. The highest BCUT2D eigenvalue weighted by molar-refractivity contribution is 8.01. The minimum absolute atomic E-state index is 0.0731. The van der Waals surface area contributed by atoms with Gasteiger partial charge in [0, 0.05) is 12.7 Å². The molecule has 1 atom stereocenters. The van der Waals surface area contributed by atoms with Crippen molar-refractivity contribution in [2.45, 2.75) is 45.1 Å². The summed E-state index contributed by atoms with van der Waals surface area (Å²) in [5.74, 6) is 0.125. The van der Waals surface area contributed by atoms with E-state index in [-0.39, 0.29) is 11.2 Å². The van der Waals surface area contributed by atoms with E-state index < -0.39 is 0 Å². The lowest BCUT2D eigenvalue weighted by molar-refractivity contribution is -0.117. The Balaban J connectivity index is 2.28. The van der Waals surface area contributed by atoms with E-state index in [0.29, 0.717) is 11.8 Å². The number of thioether (sulfide) groups is 1. The lowest BCUT2D eigenvalue weighted by Gasteiger charge is -2.24. The van der Waals surface area contributed by atoms with Crippen LogP contribution in [0.4, 0.5) is 5.69 Å². The first kappa shape index (κ1) is 17.5. The van der Waals surface area contributed by atoms with Gasteiger partial charge in [-0.3, -0.25) is 9.78 Å². The van der Waals surface area contributed by atoms with Gasteiger partial charge in [-0.2, -0.15) is 5.10 Å². The number of aryl methyl sites for hydroxylation is 1. The minimum Gasteiger partial charge on any atom is -0.309 e. The van der Waals surface area contributed by atoms with Gasteiger partial charge in [-0.25, -0.2) is 4.68 Å². The summed E-state index contributed by atoms with van der Waals surface area (Å²) in [7, 11) is 0. The molecule has 0 spiro atoms. The quantitative estimate of drug-likeness (QED) is 0.813. The van der Waals surface area contributed by atoms with Gasteiger partial charge in [-0.05, 0) is 38.2 Å². The molecule has 0 aliphatic heterocycles. The van der Waals surface area contributed by atoms with Gasteiger partial charge in [0.15, 0.2) is 0 Å². The van der Waals surface area contributed by atoms with Gasteiger partial charge in [-0.1, -0.05) is 13.8 Å². The van der Waals surface area contributed by atoms with Crippen molar-refractivity contribution in [3.05, 3.63) is 36.4 Å². The van der Waals surface area contributed by atoms with Crippen LogP contribution >= 0.6 is 11.8 Å². The van der Waals surface area contributed by atoms with Crippen molar-refractivity contribution in [1.29, 1.82) is 0 Å². The van der Waals surface area contributed by atoms with Crippen molar-refractivity contribution in [1.82, 2.24) is 14.8 Å². The van der Waals surface area contributed by atoms with E-state index in [1.807, 2.05) is 44.0 Å². The summed E-state index contributed by atoms with van der Waals surface area (Å²) < 4.78 is 1.77. The fourth-order valence-electron chi connectivity index (χ4n) is 2.47. The summed E-state index contributed by atoms with van der Waals surface area (Å²) in [6.45, 7) is 10.7. The molecule has 0 aliphatic carbocycles. The normalized spacial score (nSPS) is 12.4. The maximum absolute atomic E-state index is 12.8. The Hall–Kier alpha value is -1.82. The largest absolute Gasteiger partial charge is 0.309 e. The predicted molar refractivity (Wildman–Crippen MR) is 96.3 cm³/mol. The number of anilines is 1. The van der Waals surface area contributed by atoms with E-state index in [1.54, 1.807) is 28.8 Å². The van der Waals surface area contributed by atoms with Crippen molar-refractivity contribution >= 4 is 23.4 Å². The number of hydrogen-bond acceptors (Lipinski definition) is 4. The Bertz CT molecular complexity index is 654. The molecule has 5 nitrogen and oxygen atoms in total. The van der Waals surface area contributed by atoms with Crippen LogP contribution in [0.5, 0.6) is 0 Å². The lowest BCUT2D eigenvalue weighted by atomic mass is 10.3. The highest BCUT2D eigenvalue weighted by atomic mass is 32.2. The van der Waals surface area contributed by atoms with Crippen LogP contribution < -0.4 is 4.90 Å². The van der Waals surface area contributed by atoms with Gasteiger partial charge in [0.1, 0.15) is 0 Å². The molecular weight excluding hydrogens is 308 g/mol. The zero-order chi connectivity index (χ0) is 17.0. The molecule has 2 rings (SSSR count). The molecular formula is C17H24N4OS. The Labute approximate surface area is 142 Å². The second-order valence-electron chi connectivity index (χ2n) is 5.67. The third-order valence-electron chi connectivity index (χ3n) is 3.48. The molecule has 1 amide bonds. The van der Waals surface area contributed by atoms with E-state index in [0.717, 1.165) is 17.1 Å². The molecule has 23 heavy (non-hydrogen) atoms. The van der Waals surface area contributed by atoms with Gasteiger partial charge in [0.25, 0.3) is 0 Å². The Kier molecular flexibility index (Phi) is 5.82. The number of pyridine rings is 1. The van der Waals surface area contributed by atoms with Crippen LogP contribution in [0.3, 0.4) is 0 Å². The fourth-order valence-corrected chi connectivity index (χ4v) is 3.53. The number of hydrogen-bond donors (Lipinski definition) is 0. The number of nitrogens with zero attached hydrogens (tertiary/aromatic N) is 4. The molecule has 0 saturated carbocycles. The molecule has 0 radical (unpaired) electrons. The molecule has 6 heteroatoms. The van der Waals surface area contributed by atoms with E-state index >= 15 is 0 Å². The number of amides is 1. The summed E-state index contributed by atoms with van der Waals surface area (Å²) in [4.78, 5) is 18.7. The topological polar surface area (TPSA) is 51.0 Å². The Morgan fingerprint density at radius 3 is 2.70 bits per heavy atom. The molecule has 2 heterocycles. The lowest BCUT2D eigenvalue weighted by Crippen LogP contribution is -2.37. The second kappa shape index (κ2) is 7.64. The SMILES string of the molecule is CCN(C(=O)C(C)SC(C)C)c1cn(-c2cccnc2)nc1C. The standard InChI is InChI=1S/C17H24N4OS/c1-6-20(17(22)14(5)23-12(2)3)16-11-21(19-13(16)4)15-8-7-9-18-10-15/h7-12,14H,6H2,1-5H3. The molecule has 2 aromatic rings.